The molecule has 1 rings (SSSR count). The van der Waals surface area contributed by atoms with Crippen LogP contribution in [0.25, 0.3) is 0 Å². The molecule has 3 heteroatoms. The summed E-state index contributed by atoms with van der Waals surface area (Å²) in [6.45, 7) is 5.65. The first-order chi connectivity index (χ1) is 6.39. The Kier molecular flexibility index (Phi) is 3.29. The Morgan fingerprint density at radius 2 is 2.07 bits per heavy atom. The molecule has 1 amide bonds. The lowest BCUT2D eigenvalue weighted by molar-refractivity contribution is -0.130. The van der Waals surface area contributed by atoms with E-state index in [1.165, 1.54) is 0 Å². The lowest BCUT2D eigenvalue weighted by atomic mass is 9.91. The van der Waals surface area contributed by atoms with Crippen molar-refractivity contribution >= 4 is 11.7 Å². The Bertz CT molecular complexity index is 240. The fraction of sp³-hybridized carbons (Fsp3) is 0.818. The largest absolute Gasteiger partial charge is 0.352 e. The van der Waals surface area contributed by atoms with Crippen molar-refractivity contribution in [1.82, 2.24) is 5.32 Å². The monoisotopic (exact) mass is 197 g/mol. The van der Waals surface area contributed by atoms with Crippen LogP contribution in [0.3, 0.4) is 0 Å². The third kappa shape index (κ3) is 3.13. The van der Waals surface area contributed by atoms with Gasteiger partial charge in [-0.2, -0.15) is 0 Å². The number of Topliss-reactive ketones (excluding diaryl/α,β-unsaturated/α-hetero) is 1. The highest BCUT2D eigenvalue weighted by atomic mass is 16.2. The predicted octanol–water partition coefficient (Wildman–Crippen LogP) is 1.66. The molecule has 0 aromatic rings. The fourth-order valence-electron chi connectivity index (χ4n) is 1.55. The molecule has 0 radical (unpaired) electrons. The van der Waals surface area contributed by atoms with Gasteiger partial charge in [0.2, 0.25) is 5.91 Å². The molecule has 0 aliphatic heterocycles. The smallest absolute Gasteiger partial charge is 0.225 e. The maximum atomic E-state index is 11.6. The average molecular weight is 197 g/mol. The van der Waals surface area contributed by atoms with Crippen LogP contribution in [-0.2, 0) is 9.59 Å². The molecule has 0 aromatic heterocycles. The van der Waals surface area contributed by atoms with E-state index in [1.54, 1.807) is 0 Å². The van der Waals surface area contributed by atoms with E-state index in [-0.39, 0.29) is 23.1 Å². The van der Waals surface area contributed by atoms with Crippen molar-refractivity contribution in [2.45, 2.75) is 52.5 Å². The average Bonchev–Trinajstić information content (AvgIpc) is 2.02. The molecule has 1 aliphatic carbocycles. The molecule has 1 atom stereocenters. The summed E-state index contributed by atoms with van der Waals surface area (Å²) in [6.07, 6.45) is 3.05. The molecule has 1 unspecified atom stereocenters. The van der Waals surface area contributed by atoms with Gasteiger partial charge in [-0.15, -0.1) is 0 Å². The number of amides is 1. The lowest BCUT2D eigenvalue weighted by Gasteiger charge is -2.26. The van der Waals surface area contributed by atoms with Crippen LogP contribution < -0.4 is 5.32 Å². The third-order valence-corrected chi connectivity index (χ3v) is 2.50. The van der Waals surface area contributed by atoms with Crippen LogP contribution >= 0.6 is 0 Å². The SMILES string of the molecule is CC(C)(C)C(=O)NC1CCCC(=O)C1. The molecule has 1 fully saturated rings. The van der Waals surface area contributed by atoms with Crippen molar-refractivity contribution in [2.75, 3.05) is 0 Å². The number of hydrogen-bond donors (Lipinski definition) is 1. The van der Waals surface area contributed by atoms with E-state index in [0.29, 0.717) is 12.8 Å². The van der Waals surface area contributed by atoms with E-state index >= 15 is 0 Å². The summed E-state index contributed by atoms with van der Waals surface area (Å²) >= 11 is 0. The van der Waals surface area contributed by atoms with Gasteiger partial charge in [0, 0.05) is 24.3 Å². The van der Waals surface area contributed by atoms with Crippen molar-refractivity contribution in [3.8, 4) is 0 Å². The van der Waals surface area contributed by atoms with Gasteiger partial charge >= 0.3 is 0 Å². The topological polar surface area (TPSA) is 46.2 Å². The Balaban J connectivity index is 2.44. The quantitative estimate of drug-likeness (QED) is 0.695. The zero-order valence-corrected chi connectivity index (χ0v) is 9.22. The molecular formula is C11H19NO2. The summed E-state index contributed by atoms with van der Waals surface area (Å²) < 4.78 is 0. The van der Waals surface area contributed by atoms with E-state index in [1.807, 2.05) is 20.8 Å². The number of nitrogens with one attached hydrogen (secondary N) is 1. The second-order valence-electron chi connectivity index (χ2n) is 5.06. The number of carbonyl (C=O) groups excluding carboxylic acids is 2. The summed E-state index contributed by atoms with van der Waals surface area (Å²) in [4.78, 5) is 22.8. The predicted molar refractivity (Wildman–Crippen MR) is 54.9 cm³/mol. The first kappa shape index (κ1) is 11.2. The summed E-state index contributed by atoms with van der Waals surface area (Å²) in [5, 5.41) is 2.93. The van der Waals surface area contributed by atoms with Crippen molar-refractivity contribution < 1.29 is 9.59 Å². The minimum atomic E-state index is -0.361. The zero-order valence-electron chi connectivity index (χ0n) is 9.22. The minimum absolute atomic E-state index is 0.0391. The van der Waals surface area contributed by atoms with E-state index in [4.69, 9.17) is 0 Å². The second-order valence-corrected chi connectivity index (χ2v) is 5.06. The highest BCUT2D eigenvalue weighted by molar-refractivity contribution is 5.84. The number of rotatable bonds is 1. The standard InChI is InChI=1S/C11H19NO2/c1-11(2,3)10(14)12-8-5-4-6-9(13)7-8/h8H,4-7H2,1-3H3,(H,12,14). The van der Waals surface area contributed by atoms with Gasteiger partial charge in [-0.3, -0.25) is 9.59 Å². The van der Waals surface area contributed by atoms with Gasteiger partial charge in [-0.25, -0.2) is 0 Å². The minimum Gasteiger partial charge on any atom is -0.352 e. The van der Waals surface area contributed by atoms with Gasteiger partial charge in [-0.05, 0) is 12.8 Å². The van der Waals surface area contributed by atoms with Gasteiger partial charge < -0.3 is 5.32 Å². The van der Waals surface area contributed by atoms with Gasteiger partial charge in [0.05, 0.1) is 0 Å². The second kappa shape index (κ2) is 4.11. The number of carbonyl (C=O) groups is 2. The molecule has 0 saturated heterocycles. The maximum absolute atomic E-state index is 11.6. The normalized spacial score (nSPS) is 23.4. The third-order valence-electron chi connectivity index (χ3n) is 2.50. The van der Waals surface area contributed by atoms with E-state index in [0.717, 1.165) is 12.8 Å². The Hall–Kier alpha value is -0.860. The summed E-state index contributed by atoms with van der Waals surface area (Å²) in [6, 6.07) is 0.0722. The van der Waals surface area contributed by atoms with Crippen LogP contribution in [-0.4, -0.2) is 17.7 Å². The Labute approximate surface area is 85.3 Å². The lowest BCUT2D eigenvalue weighted by Crippen LogP contribution is -2.43. The van der Waals surface area contributed by atoms with Crippen LogP contribution in [0, 0.1) is 5.41 Å². The molecule has 1 aliphatic rings. The van der Waals surface area contributed by atoms with Gasteiger partial charge in [-0.1, -0.05) is 20.8 Å². The van der Waals surface area contributed by atoms with Crippen LogP contribution in [0.15, 0.2) is 0 Å². The molecule has 0 heterocycles. The van der Waals surface area contributed by atoms with Crippen LogP contribution in [0.4, 0.5) is 0 Å². The van der Waals surface area contributed by atoms with Crippen molar-refractivity contribution in [1.29, 1.82) is 0 Å². The first-order valence-corrected chi connectivity index (χ1v) is 5.22. The number of ketones is 1. The van der Waals surface area contributed by atoms with Crippen LogP contribution in [0.5, 0.6) is 0 Å². The van der Waals surface area contributed by atoms with Crippen molar-refractivity contribution in [3.63, 3.8) is 0 Å². The molecular weight excluding hydrogens is 178 g/mol. The van der Waals surface area contributed by atoms with Crippen LogP contribution in [0.2, 0.25) is 0 Å². The highest BCUT2D eigenvalue weighted by Crippen LogP contribution is 2.18. The Morgan fingerprint density at radius 3 is 2.57 bits per heavy atom. The molecule has 1 N–H and O–H groups in total. The van der Waals surface area contributed by atoms with Crippen molar-refractivity contribution in [2.24, 2.45) is 5.41 Å². The van der Waals surface area contributed by atoms with E-state index < -0.39 is 0 Å². The van der Waals surface area contributed by atoms with Gasteiger partial charge in [0.1, 0.15) is 5.78 Å². The highest BCUT2D eigenvalue weighted by Gasteiger charge is 2.26. The van der Waals surface area contributed by atoms with Crippen LogP contribution in [0.1, 0.15) is 46.5 Å². The van der Waals surface area contributed by atoms with Crippen molar-refractivity contribution in [3.05, 3.63) is 0 Å². The summed E-state index contributed by atoms with van der Waals surface area (Å²) in [5.74, 6) is 0.313. The zero-order chi connectivity index (χ0) is 10.8. The molecule has 1 saturated carbocycles. The first-order valence-electron chi connectivity index (χ1n) is 5.22. The molecule has 14 heavy (non-hydrogen) atoms. The van der Waals surface area contributed by atoms with Gasteiger partial charge in [0.25, 0.3) is 0 Å². The number of hydrogen-bond acceptors (Lipinski definition) is 2. The molecule has 3 nitrogen and oxygen atoms in total. The molecule has 0 aromatic carbocycles. The molecule has 0 bridgehead atoms. The Morgan fingerprint density at radius 1 is 1.43 bits per heavy atom. The maximum Gasteiger partial charge on any atom is 0.225 e. The van der Waals surface area contributed by atoms with E-state index in [2.05, 4.69) is 5.32 Å². The fourth-order valence-corrected chi connectivity index (χ4v) is 1.55. The summed E-state index contributed by atoms with van der Waals surface area (Å²) in [7, 11) is 0. The summed E-state index contributed by atoms with van der Waals surface area (Å²) in [5.41, 5.74) is -0.361. The van der Waals surface area contributed by atoms with E-state index in [9.17, 15) is 9.59 Å². The molecule has 0 spiro atoms. The molecule has 80 valence electrons. The van der Waals surface area contributed by atoms with Gasteiger partial charge in [0.15, 0.2) is 0 Å².